The van der Waals surface area contributed by atoms with Crippen molar-refractivity contribution in [2.45, 2.75) is 6.42 Å². The lowest BCUT2D eigenvalue weighted by molar-refractivity contribution is 0.0953. The lowest BCUT2D eigenvalue weighted by atomic mass is 10.1. The molecule has 36 heavy (non-hydrogen) atoms. The molecule has 182 valence electrons. The van der Waals surface area contributed by atoms with Gasteiger partial charge in [-0.1, -0.05) is 36.4 Å². The van der Waals surface area contributed by atoms with E-state index in [1.807, 2.05) is 36.4 Å². The van der Waals surface area contributed by atoms with Gasteiger partial charge in [-0.2, -0.15) is 0 Å². The quantitative estimate of drug-likeness (QED) is 0.189. The highest BCUT2D eigenvalue weighted by molar-refractivity contribution is 9.11. The Balaban J connectivity index is 1.42. The predicted octanol–water partition coefficient (Wildman–Crippen LogP) is 6.93. The third-order valence-corrected chi connectivity index (χ3v) is 6.44. The Morgan fingerprint density at radius 3 is 1.97 bits per heavy atom. The van der Waals surface area contributed by atoms with Gasteiger partial charge in [0.1, 0.15) is 0 Å². The van der Waals surface area contributed by atoms with Crippen molar-refractivity contribution < 1.29 is 19.4 Å². The van der Waals surface area contributed by atoms with E-state index in [1.165, 1.54) is 6.07 Å². The molecule has 0 heterocycles. The van der Waals surface area contributed by atoms with Gasteiger partial charge in [-0.3, -0.25) is 9.59 Å². The van der Waals surface area contributed by atoms with E-state index in [9.17, 15) is 14.7 Å². The zero-order chi connectivity index (χ0) is 25.5. The van der Waals surface area contributed by atoms with Gasteiger partial charge in [0.25, 0.3) is 11.8 Å². The van der Waals surface area contributed by atoms with Gasteiger partial charge in [0.05, 0.1) is 8.95 Å². The van der Waals surface area contributed by atoms with Crippen LogP contribution in [0.15, 0.2) is 99.9 Å². The van der Waals surface area contributed by atoms with Crippen molar-refractivity contribution in [1.82, 2.24) is 5.32 Å². The van der Waals surface area contributed by atoms with Crippen LogP contribution in [0.4, 0.5) is 5.69 Å². The predicted molar refractivity (Wildman–Crippen MR) is 147 cm³/mol. The summed E-state index contributed by atoms with van der Waals surface area (Å²) in [5.41, 5.74) is 2.59. The number of phenolic OH excluding ortho intramolecular Hbond substituents is 1. The number of carbonyl (C=O) groups is 2. The topological polar surface area (TPSA) is 87.7 Å². The second-order valence-electron chi connectivity index (χ2n) is 7.87. The Bertz CT molecular complexity index is 1360. The number of hydrogen-bond acceptors (Lipinski definition) is 4. The average molecular weight is 610 g/mol. The highest BCUT2D eigenvalue weighted by Crippen LogP contribution is 2.41. The monoisotopic (exact) mass is 608 g/mol. The third-order valence-electron chi connectivity index (χ3n) is 5.26. The maximum Gasteiger partial charge on any atom is 0.255 e. The van der Waals surface area contributed by atoms with E-state index in [0.717, 1.165) is 5.56 Å². The van der Waals surface area contributed by atoms with Crippen LogP contribution in [-0.2, 0) is 6.42 Å². The molecule has 0 aliphatic carbocycles. The van der Waals surface area contributed by atoms with Crippen LogP contribution in [0.2, 0.25) is 0 Å². The molecular formula is C28H22Br2N2O4. The zero-order valence-corrected chi connectivity index (χ0v) is 22.2. The summed E-state index contributed by atoms with van der Waals surface area (Å²) in [6.07, 6.45) is 0.613. The standard InChI is InChI=1S/C28H22Br2N2O4/c29-22-15-18(13-14-31-27(34)19-7-3-1-4-8-19)16-23(30)26(22)36-25-17-21(11-12-24(25)33)32-28(35)20-9-5-2-6-10-20/h1-12,15-17,33H,13-14H2,(H,31,34)(H,32,35). The Morgan fingerprint density at radius 1 is 0.778 bits per heavy atom. The summed E-state index contributed by atoms with van der Waals surface area (Å²) in [7, 11) is 0. The Kier molecular flexibility index (Phi) is 8.40. The van der Waals surface area contributed by atoms with E-state index < -0.39 is 0 Å². The molecule has 0 saturated carbocycles. The van der Waals surface area contributed by atoms with Crippen molar-refractivity contribution in [2.24, 2.45) is 0 Å². The van der Waals surface area contributed by atoms with Crippen molar-refractivity contribution in [3.05, 3.63) is 117 Å². The number of nitrogens with one attached hydrogen (secondary N) is 2. The van der Waals surface area contributed by atoms with Gasteiger partial charge in [-0.15, -0.1) is 0 Å². The Labute approximate surface area is 225 Å². The third kappa shape index (κ3) is 6.53. The van der Waals surface area contributed by atoms with Gasteiger partial charge in [0.15, 0.2) is 17.2 Å². The van der Waals surface area contributed by atoms with E-state index in [2.05, 4.69) is 42.5 Å². The summed E-state index contributed by atoms with van der Waals surface area (Å²) < 4.78 is 7.32. The van der Waals surface area contributed by atoms with Crippen molar-refractivity contribution in [3.63, 3.8) is 0 Å². The minimum absolute atomic E-state index is 0.0702. The fourth-order valence-electron chi connectivity index (χ4n) is 3.44. The fourth-order valence-corrected chi connectivity index (χ4v) is 4.89. The van der Waals surface area contributed by atoms with Crippen molar-refractivity contribution in [2.75, 3.05) is 11.9 Å². The molecule has 0 fully saturated rings. The van der Waals surface area contributed by atoms with Crippen LogP contribution in [-0.4, -0.2) is 23.5 Å². The average Bonchev–Trinajstić information content (AvgIpc) is 2.89. The van der Waals surface area contributed by atoms with E-state index in [0.29, 0.717) is 44.5 Å². The largest absolute Gasteiger partial charge is 0.504 e. The van der Waals surface area contributed by atoms with Crippen LogP contribution >= 0.6 is 31.9 Å². The molecule has 0 unspecified atom stereocenters. The van der Waals surface area contributed by atoms with Gasteiger partial charge in [0, 0.05) is 29.4 Å². The first-order chi connectivity index (χ1) is 17.4. The van der Waals surface area contributed by atoms with E-state index in [1.54, 1.807) is 48.5 Å². The van der Waals surface area contributed by atoms with Crippen molar-refractivity contribution in [3.8, 4) is 17.2 Å². The number of halogens is 2. The van der Waals surface area contributed by atoms with Crippen LogP contribution in [0.25, 0.3) is 0 Å². The Morgan fingerprint density at radius 2 is 1.36 bits per heavy atom. The highest BCUT2D eigenvalue weighted by atomic mass is 79.9. The van der Waals surface area contributed by atoms with Crippen LogP contribution in [0, 0.1) is 0 Å². The minimum Gasteiger partial charge on any atom is -0.504 e. The van der Waals surface area contributed by atoms with Crippen LogP contribution in [0.5, 0.6) is 17.2 Å². The fraction of sp³-hybridized carbons (Fsp3) is 0.0714. The van der Waals surface area contributed by atoms with Crippen molar-refractivity contribution in [1.29, 1.82) is 0 Å². The normalized spacial score (nSPS) is 10.5. The lowest BCUT2D eigenvalue weighted by Crippen LogP contribution is -2.25. The number of amides is 2. The maximum absolute atomic E-state index is 12.5. The van der Waals surface area contributed by atoms with Crippen molar-refractivity contribution >= 4 is 49.4 Å². The summed E-state index contributed by atoms with van der Waals surface area (Å²) in [5, 5.41) is 16.1. The summed E-state index contributed by atoms with van der Waals surface area (Å²) in [6, 6.07) is 26.3. The zero-order valence-electron chi connectivity index (χ0n) is 19.0. The molecule has 0 spiro atoms. The van der Waals surface area contributed by atoms with Crippen LogP contribution in [0.1, 0.15) is 26.3 Å². The molecule has 4 aromatic rings. The number of carbonyl (C=O) groups excluding carboxylic acids is 2. The molecule has 0 bridgehead atoms. The molecule has 0 atom stereocenters. The molecule has 2 amide bonds. The van der Waals surface area contributed by atoms with Gasteiger partial charge >= 0.3 is 0 Å². The molecule has 0 saturated heterocycles. The first-order valence-corrected chi connectivity index (χ1v) is 12.7. The summed E-state index contributed by atoms with van der Waals surface area (Å²) in [6.45, 7) is 0.469. The van der Waals surface area contributed by atoms with Crippen LogP contribution < -0.4 is 15.4 Å². The van der Waals surface area contributed by atoms with Crippen LogP contribution in [0.3, 0.4) is 0 Å². The smallest absolute Gasteiger partial charge is 0.255 e. The molecule has 0 aliphatic heterocycles. The van der Waals surface area contributed by atoms with E-state index in [4.69, 9.17) is 4.74 Å². The van der Waals surface area contributed by atoms with Gasteiger partial charge in [0.2, 0.25) is 0 Å². The molecule has 6 nitrogen and oxygen atoms in total. The number of hydrogen-bond donors (Lipinski definition) is 3. The first-order valence-electron chi connectivity index (χ1n) is 11.1. The highest BCUT2D eigenvalue weighted by Gasteiger charge is 2.15. The Hall–Kier alpha value is -3.62. The second kappa shape index (κ2) is 11.9. The summed E-state index contributed by atoms with van der Waals surface area (Å²) >= 11 is 7.07. The number of ether oxygens (including phenoxy) is 1. The molecule has 0 aliphatic rings. The number of aromatic hydroxyl groups is 1. The van der Waals surface area contributed by atoms with E-state index in [-0.39, 0.29) is 23.3 Å². The number of phenols is 1. The number of anilines is 1. The molecule has 8 heteroatoms. The maximum atomic E-state index is 12.5. The van der Waals surface area contributed by atoms with Gasteiger partial charge in [-0.25, -0.2) is 0 Å². The number of benzene rings is 4. The minimum atomic E-state index is -0.265. The molecule has 0 radical (unpaired) electrons. The first kappa shape index (κ1) is 25.5. The summed E-state index contributed by atoms with van der Waals surface area (Å²) in [5.74, 6) is 0.194. The lowest BCUT2D eigenvalue weighted by Gasteiger charge is -2.14. The molecular weight excluding hydrogens is 588 g/mol. The molecule has 4 aromatic carbocycles. The summed E-state index contributed by atoms with van der Waals surface area (Å²) in [4.78, 5) is 24.7. The molecule has 3 N–H and O–H groups in total. The molecule has 0 aromatic heterocycles. The van der Waals surface area contributed by atoms with Gasteiger partial charge in [-0.05, 0) is 92.4 Å². The second-order valence-corrected chi connectivity index (χ2v) is 9.57. The number of rotatable bonds is 8. The SMILES string of the molecule is O=C(NCCc1cc(Br)c(Oc2cc(NC(=O)c3ccccc3)ccc2O)c(Br)c1)c1ccccc1. The van der Waals surface area contributed by atoms with Gasteiger partial charge < -0.3 is 20.5 Å². The van der Waals surface area contributed by atoms with E-state index >= 15 is 0 Å². The molecule has 4 rings (SSSR count).